The number of rotatable bonds is 5. The first-order chi connectivity index (χ1) is 12.1. The summed E-state index contributed by atoms with van der Waals surface area (Å²) in [6.07, 6.45) is 1.65. The first kappa shape index (κ1) is 17.0. The summed E-state index contributed by atoms with van der Waals surface area (Å²) in [7, 11) is 0. The molecule has 0 radical (unpaired) electrons. The highest BCUT2D eigenvalue weighted by atomic mass is 35.5. The fraction of sp³-hybridized carbons (Fsp3) is 0.100. The molecule has 0 unspecified atom stereocenters. The van der Waals surface area contributed by atoms with Gasteiger partial charge in [0.2, 0.25) is 0 Å². The van der Waals surface area contributed by atoms with Crippen LogP contribution in [0.5, 0.6) is 0 Å². The molecule has 1 aromatic heterocycles. The predicted molar refractivity (Wildman–Crippen MR) is 102 cm³/mol. The zero-order valence-electron chi connectivity index (χ0n) is 13.8. The van der Waals surface area contributed by atoms with Crippen molar-refractivity contribution < 1.29 is 4.79 Å². The normalized spacial score (nSPS) is 10.3. The maximum absolute atomic E-state index is 12.2. The van der Waals surface area contributed by atoms with Crippen molar-refractivity contribution in [1.82, 2.24) is 4.98 Å². The molecule has 0 fully saturated rings. The van der Waals surface area contributed by atoms with Crippen LogP contribution in [0.4, 0.5) is 11.4 Å². The van der Waals surface area contributed by atoms with Crippen molar-refractivity contribution in [1.29, 1.82) is 0 Å². The summed E-state index contributed by atoms with van der Waals surface area (Å²) in [6.45, 7) is 2.79. The Morgan fingerprint density at radius 1 is 1.04 bits per heavy atom. The van der Waals surface area contributed by atoms with Crippen molar-refractivity contribution in [2.24, 2.45) is 0 Å². The molecule has 3 aromatic rings. The molecule has 2 aromatic carbocycles. The third kappa shape index (κ3) is 4.37. The third-order valence-corrected chi connectivity index (χ3v) is 4.19. The van der Waals surface area contributed by atoms with Crippen LogP contribution in [0.2, 0.25) is 5.02 Å². The molecular formula is C20H18ClN3O. The fourth-order valence-electron chi connectivity index (χ4n) is 2.39. The molecule has 0 atom stereocenters. The van der Waals surface area contributed by atoms with Gasteiger partial charge in [0.1, 0.15) is 5.69 Å². The molecule has 126 valence electrons. The Morgan fingerprint density at radius 3 is 2.52 bits per heavy atom. The standard InChI is InChI=1S/C20H18ClN3O/c1-14-6-2-3-7-15(14)12-22-16-10-11-19(23-13-16)20(25)24-18-9-5-4-8-17(18)21/h2-11,13,22H,12H2,1H3,(H,24,25). The topological polar surface area (TPSA) is 54.0 Å². The summed E-state index contributed by atoms with van der Waals surface area (Å²) in [5, 5.41) is 6.56. The molecule has 0 aliphatic rings. The molecule has 2 N–H and O–H groups in total. The van der Waals surface area contributed by atoms with E-state index in [9.17, 15) is 4.79 Å². The van der Waals surface area contributed by atoms with Gasteiger partial charge < -0.3 is 10.6 Å². The van der Waals surface area contributed by atoms with Crippen LogP contribution in [-0.4, -0.2) is 10.9 Å². The number of aromatic nitrogens is 1. The Bertz CT molecular complexity index is 878. The molecule has 1 heterocycles. The highest BCUT2D eigenvalue weighted by Gasteiger charge is 2.09. The van der Waals surface area contributed by atoms with Gasteiger partial charge in [-0.1, -0.05) is 48.0 Å². The van der Waals surface area contributed by atoms with E-state index in [2.05, 4.69) is 34.7 Å². The third-order valence-electron chi connectivity index (χ3n) is 3.86. The SMILES string of the molecule is Cc1ccccc1CNc1ccc(C(=O)Nc2ccccc2Cl)nc1. The Balaban J connectivity index is 1.63. The Labute approximate surface area is 151 Å². The largest absolute Gasteiger partial charge is 0.380 e. The lowest BCUT2D eigenvalue weighted by atomic mass is 10.1. The number of pyridine rings is 1. The smallest absolute Gasteiger partial charge is 0.274 e. The molecule has 0 spiro atoms. The number of carbonyl (C=O) groups is 1. The fourth-order valence-corrected chi connectivity index (χ4v) is 2.57. The molecule has 0 saturated carbocycles. The second-order valence-corrected chi connectivity index (χ2v) is 6.05. The van der Waals surface area contributed by atoms with E-state index in [0.29, 0.717) is 22.9 Å². The highest BCUT2D eigenvalue weighted by Crippen LogP contribution is 2.21. The minimum Gasteiger partial charge on any atom is -0.380 e. The molecule has 0 aliphatic heterocycles. The van der Waals surface area contributed by atoms with E-state index in [0.717, 1.165) is 5.69 Å². The van der Waals surface area contributed by atoms with Gasteiger partial charge in [-0.05, 0) is 42.3 Å². The number of hydrogen-bond donors (Lipinski definition) is 2. The van der Waals surface area contributed by atoms with Gasteiger partial charge in [-0.3, -0.25) is 4.79 Å². The predicted octanol–water partition coefficient (Wildman–Crippen LogP) is 4.91. The molecule has 4 nitrogen and oxygen atoms in total. The van der Waals surface area contributed by atoms with Crippen molar-refractivity contribution >= 4 is 28.9 Å². The number of aryl methyl sites for hydroxylation is 1. The van der Waals surface area contributed by atoms with Crippen LogP contribution in [0.15, 0.2) is 66.9 Å². The average Bonchev–Trinajstić information content (AvgIpc) is 2.63. The summed E-state index contributed by atoms with van der Waals surface area (Å²) in [5.41, 5.74) is 4.22. The number of benzene rings is 2. The van der Waals surface area contributed by atoms with Gasteiger partial charge in [0, 0.05) is 6.54 Å². The Kier molecular flexibility index (Phi) is 5.31. The molecule has 0 saturated heterocycles. The summed E-state index contributed by atoms with van der Waals surface area (Å²) >= 11 is 6.05. The zero-order valence-corrected chi connectivity index (χ0v) is 14.5. The summed E-state index contributed by atoms with van der Waals surface area (Å²) in [4.78, 5) is 16.5. The van der Waals surface area contributed by atoms with Crippen LogP contribution in [0.25, 0.3) is 0 Å². The Morgan fingerprint density at radius 2 is 1.80 bits per heavy atom. The summed E-state index contributed by atoms with van der Waals surface area (Å²) in [5.74, 6) is -0.293. The monoisotopic (exact) mass is 351 g/mol. The van der Waals surface area contributed by atoms with Gasteiger partial charge in [0.05, 0.1) is 22.6 Å². The van der Waals surface area contributed by atoms with Crippen molar-refractivity contribution in [3.05, 3.63) is 88.7 Å². The number of para-hydroxylation sites is 1. The van der Waals surface area contributed by atoms with E-state index in [1.807, 2.05) is 30.3 Å². The van der Waals surface area contributed by atoms with E-state index in [-0.39, 0.29) is 5.91 Å². The van der Waals surface area contributed by atoms with Crippen LogP contribution < -0.4 is 10.6 Å². The van der Waals surface area contributed by atoms with E-state index in [1.165, 1.54) is 11.1 Å². The number of nitrogens with zero attached hydrogens (tertiary/aromatic N) is 1. The van der Waals surface area contributed by atoms with Crippen LogP contribution in [0.1, 0.15) is 21.6 Å². The minimum atomic E-state index is -0.293. The van der Waals surface area contributed by atoms with Crippen molar-refractivity contribution in [3.63, 3.8) is 0 Å². The number of carbonyl (C=O) groups excluding carboxylic acids is 1. The molecule has 1 amide bonds. The van der Waals surface area contributed by atoms with E-state index >= 15 is 0 Å². The van der Waals surface area contributed by atoms with Crippen molar-refractivity contribution in [3.8, 4) is 0 Å². The number of amides is 1. The number of hydrogen-bond acceptors (Lipinski definition) is 3. The van der Waals surface area contributed by atoms with Crippen LogP contribution in [-0.2, 0) is 6.54 Å². The van der Waals surface area contributed by atoms with Crippen LogP contribution in [0.3, 0.4) is 0 Å². The molecule has 25 heavy (non-hydrogen) atoms. The van der Waals surface area contributed by atoms with Gasteiger partial charge in [-0.2, -0.15) is 0 Å². The lowest BCUT2D eigenvalue weighted by Gasteiger charge is -2.10. The van der Waals surface area contributed by atoms with Gasteiger partial charge in [0.15, 0.2) is 0 Å². The van der Waals surface area contributed by atoms with Crippen LogP contribution >= 0.6 is 11.6 Å². The van der Waals surface area contributed by atoms with E-state index < -0.39 is 0 Å². The summed E-state index contributed by atoms with van der Waals surface area (Å²) in [6, 6.07) is 18.8. The molecule has 0 aliphatic carbocycles. The van der Waals surface area contributed by atoms with Gasteiger partial charge in [0.25, 0.3) is 5.91 Å². The quantitative estimate of drug-likeness (QED) is 0.686. The number of halogens is 1. The number of nitrogens with one attached hydrogen (secondary N) is 2. The lowest BCUT2D eigenvalue weighted by Crippen LogP contribution is -2.14. The van der Waals surface area contributed by atoms with Gasteiger partial charge in [-0.25, -0.2) is 4.98 Å². The van der Waals surface area contributed by atoms with Crippen molar-refractivity contribution in [2.45, 2.75) is 13.5 Å². The van der Waals surface area contributed by atoms with Gasteiger partial charge in [-0.15, -0.1) is 0 Å². The maximum atomic E-state index is 12.2. The average molecular weight is 352 g/mol. The number of anilines is 2. The highest BCUT2D eigenvalue weighted by molar-refractivity contribution is 6.33. The first-order valence-corrected chi connectivity index (χ1v) is 8.31. The second kappa shape index (κ2) is 7.81. The molecule has 0 bridgehead atoms. The molecule has 3 rings (SSSR count). The van der Waals surface area contributed by atoms with Crippen molar-refractivity contribution in [2.75, 3.05) is 10.6 Å². The minimum absolute atomic E-state index is 0.293. The zero-order chi connectivity index (χ0) is 17.6. The van der Waals surface area contributed by atoms with Gasteiger partial charge >= 0.3 is 0 Å². The van der Waals surface area contributed by atoms with E-state index in [4.69, 9.17) is 11.6 Å². The first-order valence-electron chi connectivity index (χ1n) is 7.94. The van der Waals surface area contributed by atoms with Crippen LogP contribution in [0, 0.1) is 6.92 Å². The molecular weight excluding hydrogens is 334 g/mol. The maximum Gasteiger partial charge on any atom is 0.274 e. The van der Waals surface area contributed by atoms with E-state index in [1.54, 1.807) is 24.4 Å². The molecule has 5 heteroatoms. The Hall–Kier alpha value is -2.85. The summed E-state index contributed by atoms with van der Waals surface area (Å²) < 4.78 is 0. The lowest BCUT2D eigenvalue weighted by molar-refractivity contribution is 0.102. The second-order valence-electron chi connectivity index (χ2n) is 5.65.